The third-order valence-corrected chi connectivity index (χ3v) is 9.70. The first-order chi connectivity index (χ1) is 22.2. The minimum atomic E-state index is -4.28. The van der Waals surface area contributed by atoms with Gasteiger partial charge in [0.25, 0.3) is 10.0 Å². The van der Waals surface area contributed by atoms with Crippen LogP contribution in [0.2, 0.25) is 5.02 Å². The van der Waals surface area contributed by atoms with Gasteiger partial charge in [-0.3, -0.25) is 13.9 Å². The predicted molar refractivity (Wildman–Crippen MR) is 187 cm³/mol. The first-order valence-corrected chi connectivity index (χ1v) is 17.1. The number of nitrogens with one attached hydrogen (secondary N) is 1. The van der Waals surface area contributed by atoms with Crippen molar-refractivity contribution < 1.29 is 22.7 Å². The molecule has 0 saturated carbocycles. The summed E-state index contributed by atoms with van der Waals surface area (Å²) in [6.07, 6.45) is 0.192. The lowest BCUT2D eigenvalue weighted by Gasteiger charge is -2.35. The molecule has 4 aromatic rings. The maximum Gasteiger partial charge on any atom is 0.264 e. The molecule has 0 radical (unpaired) electrons. The molecule has 248 valence electrons. The fourth-order valence-electron chi connectivity index (χ4n) is 5.16. The van der Waals surface area contributed by atoms with Crippen LogP contribution in [0.25, 0.3) is 0 Å². The Morgan fingerprint density at radius 1 is 0.872 bits per heavy atom. The first-order valence-electron chi connectivity index (χ1n) is 15.3. The highest BCUT2D eigenvalue weighted by Crippen LogP contribution is 2.34. The Hall–Kier alpha value is -4.34. The summed E-state index contributed by atoms with van der Waals surface area (Å²) in [4.78, 5) is 30.2. The Bertz CT molecular complexity index is 1810. The third kappa shape index (κ3) is 9.14. The van der Waals surface area contributed by atoms with Crippen LogP contribution in [0.4, 0.5) is 5.69 Å². The lowest BCUT2D eigenvalue weighted by molar-refractivity contribution is -0.140. The molecule has 1 atom stereocenters. The molecule has 0 fully saturated rings. The van der Waals surface area contributed by atoms with Gasteiger partial charge in [0, 0.05) is 23.5 Å². The molecule has 0 heterocycles. The molecule has 0 aliphatic heterocycles. The van der Waals surface area contributed by atoms with Gasteiger partial charge >= 0.3 is 0 Å². The monoisotopic (exact) mass is 675 g/mol. The van der Waals surface area contributed by atoms with Crippen LogP contribution in [0.3, 0.4) is 0 Å². The van der Waals surface area contributed by atoms with E-state index in [2.05, 4.69) is 5.32 Å². The zero-order valence-electron chi connectivity index (χ0n) is 27.7. The van der Waals surface area contributed by atoms with Gasteiger partial charge in [-0.2, -0.15) is 0 Å². The molecule has 0 aliphatic carbocycles. The van der Waals surface area contributed by atoms with Gasteiger partial charge in [0.05, 0.1) is 17.7 Å². The van der Waals surface area contributed by atoms with Crippen molar-refractivity contribution in [3.8, 4) is 5.75 Å². The van der Waals surface area contributed by atoms with E-state index < -0.39 is 34.1 Å². The quantitative estimate of drug-likeness (QED) is 0.180. The van der Waals surface area contributed by atoms with Crippen LogP contribution in [-0.4, -0.2) is 50.4 Å². The van der Waals surface area contributed by atoms with Crippen molar-refractivity contribution in [3.05, 3.63) is 124 Å². The standard InChI is InChI=1S/C37H42ClN3O5S/c1-26-16-19-30(20-17-26)47(44,45)41(32-22-27(2)18-21-34(32)46-6)25-35(42)40(24-29-14-10-11-15-31(29)38)33(36(43)39-37(3,4)5)23-28-12-8-7-9-13-28/h7-22,33H,23-25H2,1-6H3,(H,39,43)/t33-/m1/s1. The molecule has 10 heteroatoms. The van der Waals surface area contributed by atoms with Crippen molar-refractivity contribution in [1.82, 2.24) is 10.2 Å². The SMILES string of the molecule is COc1ccc(C)cc1N(CC(=O)N(Cc1ccccc1Cl)[C@H](Cc1ccccc1)C(=O)NC(C)(C)C)S(=O)(=O)c1ccc(C)cc1. The largest absolute Gasteiger partial charge is 0.495 e. The second-order valence-electron chi connectivity index (χ2n) is 12.6. The third-order valence-electron chi connectivity index (χ3n) is 7.56. The van der Waals surface area contributed by atoms with Crippen LogP contribution in [0.1, 0.15) is 43.0 Å². The van der Waals surface area contributed by atoms with Crippen molar-refractivity contribution in [1.29, 1.82) is 0 Å². The van der Waals surface area contributed by atoms with Crippen molar-refractivity contribution in [2.75, 3.05) is 18.0 Å². The molecule has 0 spiro atoms. The van der Waals surface area contributed by atoms with E-state index in [1.807, 2.05) is 65.0 Å². The smallest absolute Gasteiger partial charge is 0.264 e. The number of benzene rings is 4. The molecule has 0 aromatic heterocycles. The molecule has 47 heavy (non-hydrogen) atoms. The maximum absolute atomic E-state index is 14.7. The number of sulfonamides is 1. The van der Waals surface area contributed by atoms with Crippen LogP contribution >= 0.6 is 11.6 Å². The molecule has 0 aliphatic rings. The minimum absolute atomic E-state index is 0.0171. The van der Waals surface area contributed by atoms with E-state index in [9.17, 15) is 18.0 Å². The Morgan fingerprint density at radius 3 is 2.11 bits per heavy atom. The Labute approximate surface area is 283 Å². The van der Waals surface area contributed by atoms with Crippen LogP contribution in [0, 0.1) is 13.8 Å². The molecular weight excluding hydrogens is 634 g/mol. The second-order valence-corrected chi connectivity index (χ2v) is 14.8. The highest BCUT2D eigenvalue weighted by atomic mass is 35.5. The zero-order valence-corrected chi connectivity index (χ0v) is 29.2. The lowest BCUT2D eigenvalue weighted by Crippen LogP contribution is -2.56. The van der Waals surface area contributed by atoms with Gasteiger partial charge in [0.15, 0.2) is 0 Å². The molecule has 4 aromatic carbocycles. The molecule has 0 saturated heterocycles. The van der Waals surface area contributed by atoms with Crippen LogP contribution in [0.15, 0.2) is 102 Å². The zero-order chi connectivity index (χ0) is 34.4. The number of hydrogen-bond acceptors (Lipinski definition) is 5. The first kappa shape index (κ1) is 35.5. The molecule has 8 nitrogen and oxygen atoms in total. The summed E-state index contributed by atoms with van der Waals surface area (Å²) in [7, 11) is -2.84. The number of halogens is 1. The molecular formula is C37H42ClN3O5S. The Balaban J connectivity index is 1.88. The molecule has 0 unspecified atom stereocenters. The average molecular weight is 676 g/mol. The van der Waals surface area contributed by atoms with Gasteiger partial charge in [-0.15, -0.1) is 0 Å². The summed E-state index contributed by atoms with van der Waals surface area (Å²) in [5.41, 5.74) is 2.73. The lowest BCUT2D eigenvalue weighted by atomic mass is 10.0. The van der Waals surface area contributed by atoms with E-state index in [1.54, 1.807) is 54.6 Å². The van der Waals surface area contributed by atoms with Crippen molar-refractivity contribution in [2.24, 2.45) is 0 Å². The maximum atomic E-state index is 14.7. The normalized spacial score (nSPS) is 12.2. The topological polar surface area (TPSA) is 96.0 Å². The van der Waals surface area contributed by atoms with Crippen molar-refractivity contribution in [3.63, 3.8) is 0 Å². The van der Waals surface area contributed by atoms with Gasteiger partial charge in [-0.1, -0.05) is 83.9 Å². The van der Waals surface area contributed by atoms with Crippen molar-refractivity contribution >= 4 is 39.1 Å². The van der Waals surface area contributed by atoms with Crippen LogP contribution in [-0.2, 0) is 32.6 Å². The number of hydrogen-bond donors (Lipinski definition) is 1. The van der Waals surface area contributed by atoms with Crippen molar-refractivity contribution in [2.45, 2.75) is 64.1 Å². The van der Waals surface area contributed by atoms with Gasteiger partial charge in [-0.25, -0.2) is 8.42 Å². The number of rotatable bonds is 12. The second kappa shape index (κ2) is 15.0. The van der Waals surface area contributed by atoms with E-state index in [0.717, 1.165) is 21.0 Å². The van der Waals surface area contributed by atoms with E-state index in [1.165, 1.54) is 24.1 Å². The van der Waals surface area contributed by atoms with Gasteiger partial charge in [0.2, 0.25) is 11.8 Å². The highest BCUT2D eigenvalue weighted by Gasteiger charge is 2.36. The van der Waals surface area contributed by atoms with E-state index in [-0.39, 0.29) is 35.2 Å². The summed E-state index contributed by atoms with van der Waals surface area (Å²) in [6, 6.07) is 27.1. The number of amides is 2. The number of carbonyl (C=O) groups excluding carboxylic acids is 2. The number of ether oxygens (including phenoxy) is 1. The Kier molecular flexibility index (Phi) is 11.4. The highest BCUT2D eigenvalue weighted by molar-refractivity contribution is 7.92. The number of methoxy groups -OCH3 is 1. The Morgan fingerprint density at radius 2 is 1.49 bits per heavy atom. The summed E-state index contributed by atoms with van der Waals surface area (Å²) < 4.78 is 35.4. The molecule has 0 bridgehead atoms. The van der Waals surface area contributed by atoms with E-state index >= 15 is 0 Å². The molecule has 2 amide bonds. The summed E-state index contributed by atoms with van der Waals surface area (Å²) in [5.74, 6) is -0.681. The fraction of sp³-hybridized carbons (Fsp3) is 0.297. The van der Waals surface area contributed by atoms with Gasteiger partial charge < -0.3 is 15.0 Å². The van der Waals surface area contributed by atoms with E-state index in [0.29, 0.717) is 10.6 Å². The molecule has 4 rings (SSSR count). The van der Waals surface area contributed by atoms with Crippen LogP contribution in [0.5, 0.6) is 5.75 Å². The van der Waals surface area contributed by atoms with Crippen LogP contribution < -0.4 is 14.4 Å². The number of aryl methyl sites for hydroxylation is 2. The van der Waals surface area contributed by atoms with E-state index in [4.69, 9.17) is 16.3 Å². The number of anilines is 1. The summed E-state index contributed by atoms with van der Waals surface area (Å²) in [5, 5.41) is 3.45. The number of nitrogens with zero attached hydrogens (tertiary/aromatic N) is 2. The number of carbonyl (C=O) groups is 2. The van der Waals surface area contributed by atoms with Gasteiger partial charge in [0.1, 0.15) is 18.3 Å². The van der Waals surface area contributed by atoms with Gasteiger partial charge in [-0.05, 0) is 81.6 Å². The average Bonchev–Trinajstić information content (AvgIpc) is 3.02. The molecule has 1 N–H and O–H groups in total. The summed E-state index contributed by atoms with van der Waals surface area (Å²) in [6.45, 7) is 8.66. The fourth-order valence-corrected chi connectivity index (χ4v) is 6.77. The predicted octanol–water partition coefficient (Wildman–Crippen LogP) is 6.72. The minimum Gasteiger partial charge on any atom is -0.495 e. The summed E-state index contributed by atoms with van der Waals surface area (Å²) >= 11 is 6.59.